The number of hydrogen-bond donors (Lipinski definition) is 1. The van der Waals surface area contributed by atoms with Gasteiger partial charge in [-0.2, -0.15) is 23.5 Å². The van der Waals surface area contributed by atoms with E-state index in [1.807, 2.05) is 23.5 Å². The second kappa shape index (κ2) is 6.17. The van der Waals surface area contributed by atoms with E-state index in [0.29, 0.717) is 0 Å². The first kappa shape index (κ1) is 10.7. The van der Waals surface area contributed by atoms with Gasteiger partial charge in [0.2, 0.25) is 0 Å². The van der Waals surface area contributed by atoms with Crippen LogP contribution < -0.4 is 5.32 Å². The van der Waals surface area contributed by atoms with Crippen LogP contribution in [0.2, 0.25) is 0 Å². The lowest BCUT2D eigenvalue weighted by atomic mass is 10.2. The normalized spacial score (nSPS) is 29.5. The van der Waals surface area contributed by atoms with Crippen LogP contribution in [0.5, 0.6) is 0 Å². The van der Waals surface area contributed by atoms with Gasteiger partial charge in [0.25, 0.3) is 0 Å². The molecule has 0 aromatic carbocycles. The molecule has 1 rings (SSSR count). The third-order valence-corrected chi connectivity index (χ3v) is 4.25. The summed E-state index contributed by atoms with van der Waals surface area (Å²) in [7, 11) is 0. The van der Waals surface area contributed by atoms with Crippen LogP contribution in [0.25, 0.3) is 0 Å². The van der Waals surface area contributed by atoms with Gasteiger partial charge in [-0.1, -0.05) is 6.42 Å². The lowest BCUT2D eigenvalue weighted by molar-refractivity contribution is 0.554. The average Bonchev–Trinajstić information content (AvgIpc) is 2.52. The molecule has 1 nitrogen and oxygen atoms in total. The topological polar surface area (TPSA) is 12.0 Å². The molecule has 2 unspecified atom stereocenters. The zero-order chi connectivity index (χ0) is 8.81. The molecule has 72 valence electrons. The largest absolute Gasteiger partial charge is 0.312 e. The second-order valence-electron chi connectivity index (χ2n) is 3.26. The predicted octanol–water partition coefficient (Wildman–Crippen LogP) is 2.22. The van der Waals surface area contributed by atoms with Crippen LogP contribution in [-0.4, -0.2) is 36.1 Å². The average molecular weight is 205 g/mol. The van der Waals surface area contributed by atoms with Crippen molar-refractivity contribution in [2.75, 3.05) is 24.8 Å². The Kier molecular flexibility index (Phi) is 5.52. The van der Waals surface area contributed by atoms with Crippen LogP contribution >= 0.6 is 23.5 Å². The Balaban J connectivity index is 2.12. The Bertz CT molecular complexity index is 119. The fourth-order valence-corrected chi connectivity index (χ4v) is 3.07. The van der Waals surface area contributed by atoms with E-state index in [9.17, 15) is 0 Å². The Morgan fingerprint density at radius 3 is 2.83 bits per heavy atom. The van der Waals surface area contributed by atoms with Gasteiger partial charge >= 0.3 is 0 Å². The molecular weight excluding hydrogens is 186 g/mol. The fourth-order valence-electron chi connectivity index (χ4n) is 1.79. The molecule has 0 heterocycles. The van der Waals surface area contributed by atoms with Crippen LogP contribution in [0.4, 0.5) is 0 Å². The standard InChI is InChI=1S/C9H19NS2/c1-11-7-6-10-8-4-3-5-9(8)12-2/h8-10H,3-7H2,1-2H3. The molecule has 0 aromatic heterocycles. The molecule has 0 spiro atoms. The molecule has 1 saturated carbocycles. The minimum Gasteiger partial charge on any atom is -0.312 e. The molecule has 2 atom stereocenters. The minimum atomic E-state index is 0.798. The molecule has 1 N–H and O–H groups in total. The number of thioether (sulfide) groups is 2. The van der Waals surface area contributed by atoms with Crippen LogP contribution in [-0.2, 0) is 0 Å². The van der Waals surface area contributed by atoms with Gasteiger partial charge in [-0.05, 0) is 25.4 Å². The van der Waals surface area contributed by atoms with Crippen LogP contribution in [0.3, 0.4) is 0 Å². The maximum Gasteiger partial charge on any atom is 0.0198 e. The maximum absolute atomic E-state index is 3.64. The van der Waals surface area contributed by atoms with Gasteiger partial charge in [-0.15, -0.1) is 0 Å². The van der Waals surface area contributed by atoms with Crippen molar-refractivity contribution in [3.05, 3.63) is 0 Å². The van der Waals surface area contributed by atoms with Crippen molar-refractivity contribution in [1.82, 2.24) is 5.32 Å². The molecule has 0 aromatic rings. The lowest BCUT2D eigenvalue weighted by Crippen LogP contribution is -2.35. The SMILES string of the molecule is CSCCNC1CCCC1SC. The minimum absolute atomic E-state index is 0.798. The highest BCUT2D eigenvalue weighted by Crippen LogP contribution is 2.28. The van der Waals surface area contributed by atoms with Gasteiger partial charge in [0.05, 0.1) is 0 Å². The molecular formula is C9H19NS2. The Labute approximate surface area is 84.4 Å². The van der Waals surface area contributed by atoms with E-state index in [1.54, 1.807) is 0 Å². The van der Waals surface area contributed by atoms with E-state index in [1.165, 1.54) is 31.6 Å². The monoisotopic (exact) mass is 205 g/mol. The molecule has 1 aliphatic carbocycles. The summed E-state index contributed by atoms with van der Waals surface area (Å²) in [6.07, 6.45) is 8.63. The molecule has 0 bridgehead atoms. The summed E-state index contributed by atoms with van der Waals surface area (Å²) in [4.78, 5) is 0. The highest BCUT2D eigenvalue weighted by atomic mass is 32.2. The summed E-state index contributed by atoms with van der Waals surface area (Å²) in [5, 5.41) is 4.52. The highest BCUT2D eigenvalue weighted by Gasteiger charge is 2.25. The summed E-state index contributed by atoms with van der Waals surface area (Å²) >= 11 is 3.95. The number of hydrogen-bond acceptors (Lipinski definition) is 3. The van der Waals surface area contributed by atoms with Crippen LogP contribution in [0.15, 0.2) is 0 Å². The van der Waals surface area contributed by atoms with Gasteiger partial charge in [0.15, 0.2) is 0 Å². The molecule has 3 heteroatoms. The molecule has 0 aliphatic heterocycles. The van der Waals surface area contributed by atoms with Crippen LogP contribution in [0.1, 0.15) is 19.3 Å². The lowest BCUT2D eigenvalue weighted by Gasteiger charge is -2.18. The third kappa shape index (κ3) is 3.19. The van der Waals surface area contributed by atoms with Gasteiger partial charge < -0.3 is 5.32 Å². The number of nitrogens with one attached hydrogen (secondary N) is 1. The zero-order valence-electron chi connectivity index (χ0n) is 8.01. The molecule has 0 saturated heterocycles. The van der Waals surface area contributed by atoms with Crippen LogP contribution in [0, 0.1) is 0 Å². The Morgan fingerprint density at radius 1 is 1.33 bits per heavy atom. The number of rotatable bonds is 5. The summed E-state index contributed by atoms with van der Waals surface area (Å²) in [5.74, 6) is 1.25. The van der Waals surface area contributed by atoms with Crippen molar-refractivity contribution in [2.45, 2.75) is 30.6 Å². The van der Waals surface area contributed by atoms with Crippen molar-refractivity contribution in [3.8, 4) is 0 Å². The first-order chi connectivity index (χ1) is 5.88. The van der Waals surface area contributed by atoms with E-state index in [4.69, 9.17) is 0 Å². The van der Waals surface area contributed by atoms with E-state index in [0.717, 1.165) is 11.3 Å². The molecule has 0 radical (unpaired) electrons. The predicted molar refractivity (Wildman–Crippen MR) is 61.3 cm³/mol. The Hall–Kier alpha value is 0.660. The molecule has 12 heavy (non-hydrogen) atoms. The van der Waals surface area contributed by atoms with E-state index >= 15 is 0 Å². The fraction of sp³-hybridized carbons (Fsp3) is 1.00. The first-order valence-corrected chi connectivity index (χ1v) is 7.31. The Morgan fingerprint density at radius 2 is 2.17 bits per heavy atom. The molecule has 0 amide bonds. The van der Waals surface area contributed by atoms with E-state index in [2.05, 4.69) is 17.8 Å². The first-order valence-electron chi connectivity index (χ1n) is 4.63. The molecule has 1 aliphatic rings. The van der Waals surface area contributed by atoms with Gasteiger partial charge in [0, 0.05) is 23.6 Å². The zero-order valence-corrected chi connectivity index (χ0v) is 9.64. The smallest absolute Gasteiger partial charge is 0.0198 e. The highest BCUT2D eigenvalue weighted by molar-refractivity contribution is 7.99. The van der Waals surface area contributed by atoms with Gasteiger partial charge in [0.1, 0.15) is 0 Å². The maximum atomic E-state index is 3.64. The quantitative estimate of drug-likeness (QED) is 0.691. The van der Waals surface area contributed by atoms with Crippen molar-refractivity contribution >= 4 is 23.5 Å². The van der Waals surface area contributed by atoms with Gasteiger partial charge in [-0.3, -0.25) is 0 Å². The van der Waals surface area contributed by atoms with Crippen molar-refractivity contribution < 1.29 is 0 Å². The summed E-state index contributed by atoms with van der Waals surface area (Å²) < 4.78 is 0. The van der Waals surface area contributed by atoms with Crippen molar-refractivity contribution in [3.63, 3.8) is 0 Å². The van der Waals surface area contributed by atoms with E-state index < -0.39 is 0 Å². The van der Waals surface area contributed by atoms with Crippen molar-refractivity contribution in [2.24, 2.45) is 0 Å². The summed E-state index contributed by atoms with van der Waals surface area (Å²) in [6, 6.07) is 0.798. The third-order valence-electron chi connectivity index (χ3n) is 2.47. The summed E-state index contributed by atoms with van der Waals surface area (Å²) in [5.41, 5.74) is 0. The van der Waals surface area contributed by atoms with Gasteiger partial charge in [-0.25, -0.2) is 0 Å². The summed E-state index contributed by atoms with van der Waals surface area (Å²) in [6.45, 7) is 1.18. The second-order valence-corrected chi connectivity index (χ2v) is 5.32. The molecule has 1 fully saturated rings. The van der Waals surface area contributed by atoms with E-state index in [-0.39, 0.29) is 0 Å². The van der Waals surface area contributed by atoms with Crippen molar-refractivity contribution in [1.29, 1.82) is 0 Å².